The molecule has 0 spiro atoms. The number of nitrogens with two attached hydrogens (primary N) is 1. The van der Waals surface area contributed by atoms with Gasteiger partial charge in [0.2, 0.25) is 11.2 Å². The molecule has 1 aliphatic heterocycles. The first-order chi connectivity index (χ1) is 27.2. The van der Waals surface area contributed by atoms with E-state index in [0.717, 1.165) is 82.0 Å². The van der Waals surface area contributed by atoms with Gasteiger partial charge < -0.3 is 20.3 Å². The molecule has 0 aliphatic carbocycles. The summed E-state index contributed by atoms with van der Waals surface area (Å²) >= 11 is 0. The third-order valence-electron chi connectivity index (χ3n) is 12.3. The number of rotatable bonds is 19. The topological polar surface area (TPSA) is 103 Å². The monoisotopic (exact) mass is 776 g/mol. The lowest BCUT2D eigenvalue weighted by atomic mass is 9.83. The molecule has 1 aliphatic rings. The Kier molecular flexibility index (Phi) is 15.0. The van der Waals surface area contributed by atoms with Gasteiger partial charge in [0.25, 0.3) is 6.04 Å². The van der Waals surface area contributed by atoms with Gasteiger partial charge in [0, 0.05) is 34.8 Å². The van der Waals surface area contributed by atoms with E-state index in [0.29, 0.717) is 23.0 Å². The lowest BCUT2D eigenvalue weighted by Gasteiger charge is -2.38. The van der Waals surface area contributed by atoms with E-state index in [2.05, 4.69) is 34.6 Å². The molecule has 0 bridgehead atoms. The molecule has 3 aromatic carbocycles. The normalized spacial score (nSPS) is 17.0. The number of nitrogens with zero attached hydrogens (tertiary/aromatic N) is 1. The molecule has 0 saturated carbocycles. The zero-order valence-electron chi connectivity index (χ0n) is 35.8. The number of para-hydroxylation sites is 1. The Morgan fingerprint density at radius 3 is 2.16 bits per heavy atom. The molecule has 7 heteroatoms. The summed E-state index contributed by atoms with van der Waals surface area (Å²) in [6.45, 7) is 17.7. The third-order valence-corrected chi connectivity index (χ3v) is 12.3. The van der Waals surface area contributed by atoms with E-state index in [9.17, 15) is 14.7 Å². The molecule has 7 nitrogen and oxygen atoms in total. The minimum atomic E-state index is -1.13. The summed E-state index contributed by atoms with van der Waals surface area (Å²) in [6, 6.07) is 17.9. The zero-order chi connectivity index (χ0) is 41.3. The third kappa shape index (κ3) is 11.5. The molecule has 0 amide bonds. The molecule has 3 N–H and O–H groups in total. The van der Waals surface area contributed by atoms with Crippen molar-refractivity contribution in [3.8, 4) is 11.5 Å². The number of nitrogen functional groups attached to an aromatic ring is 1. The lowest BCUT2D eigenvalue weighted by Crippen LogP contribution is -2.49. The standard InChI is InChI=1S/C50H66N2O5/c1-33(2)14-11-15-34(3)16-12-17-35(4)18-13-30-50(8)31-29-43-38(7)47(36(5)37(6)48(43)57-50)56-49(55)45(32-46(53)54)52-42(27-23-39-21-25-41(51)26-22-39)28-24-40-19-9-10-20-44(40)52/h9-10,19-28,33-35,45,51H,11-18,29-32H2,1-8H3,(H,53,54)/p+1. The van der Waals surface area contributed by atoms with Crippen LogP contribution in [-0.4, -0.2) is 22.6 Å². The summed E-state index contributed by atoms with van der Waals surface area (Å²) in [5, 5.41) is 11.0. The molecule has 0 saturated heterocycles. The average molecular weight is 776 g/mol. The Bertz CT molecular complexity index is 2030. The van der Waals surface area contributed by atoms with Crippen molar-refractivity contribution in [3.63, 3.8) is 0 Å². The molecule has 4 unspecified atom stereocenters. The Balaban J connectivity index is 1.31. The average Bonchev–Trinajstić information content (AvgIpc) is 3.17. The van der Waals surface area contributed by atoms with Crippen LogP contribution in [-0.2, 0) is 16.0 Å². The van der Waals surface area contributed by atoms with Crippen LogP contribution >= 0.6 is 0 Å². The number of carbonyl (C=O) groups is 2. The highest BCUT2D eigenvalue weighted by molar-refractivity contribution is 5.84. The molecule has 4 aromatic rings. The van der Waals surface area contributed by atoms with Crippen LogP contribution in [0.3, 0.4) is 0 Å². The minimum Gasteiger partial charge on any atom is -0.487 e. The Labute approximate surface area is 341 Å². The van der Waals surface area contributed by atoms with Gasteiger partial charge >= 0.3 is 11.9 Å². The Morgan fingerprint density at radius 2 is 1.49 bits per heavy atom. The second kappa shape index (κ2) is 19.7. The van der Waals surface area contributed by atoms with Crippen molar-refractivity contribution in [2.24, 2.45) is 17.8 Å². The van der Waals surface area contributed by atoms with Gasteiger partial charge in [-0.3, -0.25) is 4.79 Å². The van der Waals surface area contributed by atoms with E-state index in [1.165, 1.54) is 44.9 Å². The summed E-state index contributed by atoms with van der Waals surface area (Å²) in [7, 11) is 0. The molecule has 2 heterocycles. The summed E-state index contributed by atoms with van der Waals surface area (Å²) in [4.78, 5) is 26.8. The van der Waals surface area contributed by atoms with Crippen molar-refractivity contribution in [1.82, 2.24) is 0 Å². The number of carboxylic acid groups (broad SMARTS) is 1. The highest BCUT2D eigenvalue weighted by atomic mass is 16.5. The Morgan fingerprint density at radius 1 is 0.842 bits per heavy atom. The summed E-state index contributed by atoms with van der Waals surface area (Å²) < 4.78 is 15.0. The fourth-order valence-electron chi connectivity index (χ4n) is 8.54. The van der Waals surface area contributed by atoms with Gasteiger partial charge in [-0.1, -0.05) is 96.9 Å². The van der Waals surface area contributed by atoms with Crippen molar-refractivity contribution in [3.05, 3.63) is 94.2 Å². The van der Waals surface area contributed by atoms with Crippen molar-refractivity contribution in [2.45, 2.75) is 144 Å². The fourth-order valence-corrected chi connectivity index (χ4v) is 8.54. The second-order valence-electron chi connectivity index (χ2n) is 17.6. The molecule has 0 fully saturated rings. The van der Waals surface area contributed by atoms with Crippen molar-refractivity contribution in [1.29, 1.82) is 0 Å². The number of carbonyl (C=O) groups excluding carboxylic acids is 1. The first-order valence-electron chi connectivity index (χ1n) is 21.4. The van der Waals surface area contributed by atoms with Gasteiger partial charge in [-0.2, -0.15) is 4.57 Å². The highest BCUT2D eigenvalue weighted by Gasteiger charge is 2.39. The fraction of sp³-hybridized carbons (Fsp3) is 0.500. The van der Waals surface area contributed by atoms with Gasteiger partial charge in [0.15, 0.2) is 0 Å². The molecule has 5 rings (SSSR count). The largest absolute Gasteiger partial charge is 0.487 e. The van der Waals surface area contributed by atoms with E-state index >= 15 is 0 Å². The zero-order valence-corrected chi connectivity index (χ0v) is 35.8. The number of benzene rings is 3. The second-order valence-corrected chi connectivity index (χ2v) is 17.6. The molecule has 0 radical (unpaired) electrons. The maximum atomic E-state index is 14.4. The number of aromatic nitrogens is 1. The number of fused-ring (bicyclic) bond motifs is 2. The van der Waals surface area contributed by atoms with Crippen molar-refractivity contribution in [2.75, 3.05) is 5.73 Å². The number of anilines is 1. The van der Waals surface area contributed by atoms with E-state index < -0.39 is 24.4 Å². The predicted molar refractivity (Wildman–Crippen MR) is 234 cm³/mol. The smallest absolute Gasteiger partial charge is 0.381 e. The molecular formula is C50H67N2O5+. The molecule has 4 atom stereocenters. The minimum absolute atomic E-state index is 0.257. The number of carboxylic acids is 1. The molecule has 57 heavy (non-hydrogen) atoms. The van der Waals surface area contributed by atoms with Crippen LogP contribution in [0, 0.1) is 38.5 Å². The van der Waals surface area contributed by atoms with Gasteiger partial charge in [-0.05, 0) is 124 Å². The van der Waals surface area contributed by atoms with E-state index in [-0.39, 0.29) is 5.60 Å². The van der Waals surface area contributed by atoms with E-state index in [1.54, 1.807) is 4.57 Å². The highest BCUT2D eigenvalue weighted by Crippen LogP contribution is 2.45. The van der Waals surface area contributed by atoms with Gasteiger partial charge in [0.05, 0.1) is 0 Å². The van der Waals surface area contributed by atoms with Gasteiger partial charge in [0.1, 0.15) is 23.5 Å². The predicted octanol–water partition coefficient (Wildman–Crippen LogP) is 11.9. The van der Waals surface area contributed by atoms with Crippen LogP contribution in [0.1, 0.15) is 145 Å². The first-order valence-corrected chi connectivity index (χ1v) is 21.4. The van der Waals surface area contributed by atoms with Crippen LogP contribution in [0.5, 0.6) is 11.5 Å². The number of hydrogen-bond acceptors (Lipinski definition) is 5. The number of ether oxygens (including phenoxy) is 2. The molecule has 306 valence electrons. The van der Waals surface area contributed by atoms with Crippen molar-refractivity contribution < 1.29 is 28.7 Å². The lowest BCUT2D eigenvalue weighted by molar-refractivity contribution is -0.686. The SMILES string of the molecule is Cc1c(C)c2c(c(C)c1OC(=O)C(CC(=O)O)[n+]1c(/C=C/c3ccc(N)cc3)ccc3ccccc31)CCC(C)(CCCC(C)CCCC(C)CCCC(C)C)O2. The number of esters is 1. The van der Waals surface area contributed by atoms with Crippen LogP contribution in [0.15, 0.2) is 60.7 Å². The van der Waals surface area contributed by atoms with Crippen LogP contribution < -0.4 is 19.8 Å². The summed E-state index contributed by atoms with van der Waals surface area (Å²) in [5.41, 5.74) is 12.4. The Hall–Kier alpha value is -4.65. The quantitative estimate of drug-likeness (QED) is 0.0425. The van der Waals surface area contributed by atoms with Crippen LogP contribution in [0.4, 0.5) is 5.69 Å². The maximum absolute atomic E-state index is 14.4. The number of pyridine rings is 1. The van der Waals surface area contributed by atoms with Crippen LogP contribution in [0.25, 0.3) is 23.1 Å². The molecule has 1 aromatic heterocycles. The molecular weight excluding hydrogens is 709 g/mol. The van der Waals surface area contributed by atoms with Crippen molar-refractivity contribution >= 4 is 40.7 Å². The first kappa shape index (κ1) is 43.5. The number of hydrogen-bond donors (Lipinski definition) is 2. The maximum Gasteiger partial charge on any atom is 0.381 e. The number of aliphatic carboxylic acids is 1. The van der Waals surface area contributed by atoms with E-state index in [4.69, 9.17) is 15.2 Å². The summed E-state index contributed by atoms with van der Waals surface area (Å²) in [5.74, 6) is 2.01. The van der Waals surface area contributed by atoms with Crippen LogP contribution in [0.2, 0.25) is 0 Å². The van der Waals surface area contributed by atoms with Gasteiger partial charge in [-0.25, -0.2) is 4.79 Å². The van der Waals surface area contributed by atoms with Gasteiger partial charge in [-0.15, -0.1) is 0 Å². The summed E-state index contributed by atoms with van der Waals surface area (Å²) in [6.07, 6.45) is 16.4. The van der Waals surface area contributed by atoms with E-state index in [1.807, 2.05) is 93.6 Å².